The minimum absolute atomic E-state index is 0.0260. The number of carbonyl (C=O) groups is 1. The summed E-state index contributed by atoms with van der Waals surface area (Å²) in [5.74, 6) is -1.81. The van der Waals surface area contributed by atoms with Crippen LogP contribution in [0.2, 0.25) is 0 Å². The second-order valence-corrected chi connectivity index (χ2v) is 9.72. The summed E-state index contributed by atoms with van der Waals surface area (Å²) in [5, 5.41) is 30.9. The number of aliphatic carboxylic acids is 1. The molecule has 1 atom stereocenters. The van der Waals surface area contributed by atoms with E-state index in [1.54, 1.807) is 23.9 Å². The van der Waals surface area contributed by atoms with Crippen molar-refractivity contribution in [2.75, 3.05) is 5.32 Å². The van der Waals surface area contributed by atoms with Gasteiger partial charge in [-0.05, 0) is 43.2 Å². The number of nitrogens with one attached hydrogen (secondary N) is 2. The Morgan fingerprint density at radius 3 is 2.72 bits per heavy atom. The smallest absolute Gasteiger partial charge is 0.353 e. The Morgan fingerprint density at radius 1 is 1.31 bits per heavy atom. The molecule has 3 N–H and O–H groups in total. The second kappa shape index (κ2) is 8.57. The van der Waals surface area contributed by atoms with E-state index in [1.807, 2.05) is 19.1 Å². The molecule has 0 amide bonds. The minimum atomic E-state index is -1.29. The summed E-state index contributed by atoms with van der Waals surface area (Å²) < 4.78 is 14.7. The van der Waals surface area contributed by atoms with E-state index in [-0.39, 0.29) is 27.8 Å². The zero-order chi connectivity index (χ0) is 23.0. The zero-order valence-electron chi connectivity index (χ0n) is 17.1. The molecule has 0 radical (unpaired) electrons. The van der Waals surface area contributed by atoms with E-state index < -0.39 is 11.8 Å². The number of nitrogens with zero attached hydrogens (tertiary/aromatic N) is 2. The summed E-state index contributed by atoms with van der Waals surface area (Å²) in [6.45, 7) is 3.49. The summed E-state index contributed by atoms with van der Waals surface area (Å²) in [5.41, 5.74) is 2.98. The van der Waals surface area contributed by atoms with Crippen LogP contribution in [0.5, 0.6) is 0 Å². The van der Waals surface area contributed by atoms with Crippen molar-refractivity contribution in [2.24, 2.45) is 0 Å². The zero-order valence-corrected chi connectivity index (χ0v) is 18.7. The highest BCUT2D eigenvalue weighted by Crippen LogP contribution is 2.52. The molecule has 0 saturated heterocycles. The number of fused-ring (bicyclic) bond motifs is 3. The third-order valence-electron chi connectivity index (χ3n) is 4.96. The van der Waals surface area contributed by atoms with E-state index in [0.717, 1.165) is 15.3 Å². The number of thiazole rings is 1. The molecular formula is C23H17FN4O2S2. The van der Waals surface area contributed by atoms with Gasteiger partial charge >= 0.3 is 5.97 Å². The van der Waals surface area contributed by atoms with Crippen LogP contribution >= 0.6 is 23.1 Å². The molecule has 6 nitrogen and oxygen atoms in total. The van der Waals surface area contributed by atoms with Crippen LogP contribution in [-0.2, 0) is 4.79 Å². The van der Waals surface area contributed by atoms with Gasteiger partial charge in [-0.15, -0.1) is 11.8 Å². The number of hydrogen-bond acceptors (Lipinski definition) is 7. The molecule has 32 heavy (non-hydrogen) atoms. The van der Waals surface area contributed by atoms with E-state index >= 15 is 0 Å². The van der Waals surface area contributed by atoms with Gasteiger partial charge in [0.05, 0.1) is 21.5 Å². The molecule has 160 valence electrons. The Bertz CT molecular complexity index is 1340. The van der Waals surface area contributed by atoms with E-state index in [0.29, 0.717) is 16.4 Å². The number of nitriles is 1. The number of rotatable bonds is 5. The predicted octanol–water partition coefficient (Wildman–Crippen LogP) is 5.94. The highest BCUT2D eigenvalue weighted by atomic mass is 32.2. The van der Waals surface area contributed by atoms with E-state index in [4.69, 9.17) is 5.41 Å². The molecule has 1 aliphatic heterocycles. The van der Waals surface area contributed by atoms with Gasteiger partial charge in [-0.3, -0.25) is 0 Å². The molecule has 1 aromatic heterocycles. The van der Waals surface area contributed by atoms with Crippen LogP contribution in [-0.4, -0.2) is 21.8 Å². The number of aromatic nitrogens is 1. The number of thioether (sulfide) groups is 1. The number of carboxylic acid groups (broad SMARTS) is 1. The summed E-state index contributed by atoms with van der Waals surface area (Å²) in [4.78, 5) is 16.7. The van der Waals surface area contributed by atoms with Crippen LogP contribution in [0, 0.1) is 22.6 Å². The van der Waals surface area contributed by atoms with Crippen molar-refractivity contribution in [1.82, 2.24) is 4.98 Å². The highest BCUT2D eigenvalue weighted by Gasteiger charge is 2.29. The lowest BCUT2D eigenvalue weighted by Crippen LogP contribution is -2.16. The number of benzene rings is 2. The van der Waals surface area contributed by atoms with Crippen molar-refractivity contribution in [3.8, 4) is 17.3 Å². The monoisotopic (exact) mass is 464 g/mol. The first kappa shape index (κ1) is 21.7. The molecule has 0 bridgehead atoms. The van der Waals surface area contributed by atoms with Gasteiger partial charge in [0.1, 0.15) is 11.5 Å². The fraction of sp³-hybridized carbons (Fsp3) is 0.130. The fourth-order valence-electron chi connectivity index (χ4n) is 3.61. The van der Waals surface area contributed by atoms with E-state index in [9.17, 15) is 19.6 Å². The molecule has 0 fully saturated rings. The molecule has 1 aliphatic rings. The number of halogens is 1. The minimum Gasteiger partial charge on any atom is -0.477 e. The predicted molar refractivity (Wildman–Crippen MR) is 125 cm³/mol. The van der Waals surface area contributed by atoms with Crippen LogP contribution in [0.1, 0.15) is 35.8 Å². The average molecular weight is 465 g/mol. The normalized spacial score (nSPS) is 15.1. The van der Waals surface area contributed by atoms with Crippen molar-refractivity contribution in [1.29, 1.82) is 10.7 Å². The van der Waals surface area contributed by atoms with Gasteiger partial charge in [0.2, 0.25) is 0 Å². The molecule has 9 heteroatoms. The summed E-state index contributed by atoms with van der Waals surface area (Å²) in [6.07, 6.45) is 0. The quantitative estimate of drug-likeness (QED) is 0.319. The third kappa shape index (κ3) is 3.90. The Kier molecular flexibility index (Phi) is 5.82. The Hall–Kier alpha value is -3.48. The molecule has 2 aromatic carbocycles. The number of anilines is 1. The lowest BCUT2D eigenvalue weighted by molar-refractivity contribution is -0.132. The topological polar surface area (TPSA) is 110 Å². The maximum Gasteiger partial charge on any atom is 0.353 e. The first-order chi connectivity index (χ1) is 15.3. The van der Waals surface area contributed by atoms with E-state index in [1.165, 1.54) is 36.5 Å². The SMILES string of the molecule is CC(=N)/C(=C(\Nc1nc2c(s1)SC(C)c1cccc(C#N)c1-2)C(=O)O)c1cccc(F)c1. The van der Waals surface area contributed by atoms with Gasteiger partial charge in [0.25, 0.3) is 0 Å². The number of allylic oxidation sites excluding steroid dienone is 1. The largest absolute Gasteiger partial charge is 0.477 e. The van der Waals surface area contributed by atoms with Crippen molar-refractivity contribution in [2.45, 2.75) is 23.3 Å². The van der Waals surface area contributed by atoms with Crippen molar-refractivity contribution in [3.63, 3.8) is 0 Å². The van der Waals surface area contributed by atoms with Gasteiger partial charge in [0, 0.05) is 22.1 Å². The van der Waals surface area contributed by atoms with Crippen molar-refractivity contribution < 1.29 is 14.3 Å². The molecule has 0 spiro atoms. The molecule has 0 aliphatic carbocycles. The highest BCUT2D eigenvalue weighted by molar-refractivity contribution is 8.01. The maximum atomic E-state index is 13.8. The lowest BCUT2D eigenvalue weighted by atomic mass is 9.97. The molecular weight excluding hydrogens is 447 g/mol. The van der Waals surface area contributed by atoms with Gasteiger partial charge in [-0.2, -0.15) is 5.26 Å². The van der Waals surface area contributed by atoms with Gasteiger partial charge in [-0.25, -0.2) is 14.2 Å². The summed E-state index contributed by atoms with van der Waals surface area (Å²) >= 11 is 2.88. The fourth-order valence-corrected chi connectivity index (χ4v) is 6.09. The van der Waals surface area contributed by atoms with E-state index in [2.05, 4.69) is 16.4 Å². The summed E-state index contributed by atoms with van der Waals surface area (Å²) in [6, 6.07) is 13.2. The van der Waals surface area contributed by atoms with Crippen molar-refractivity contribution in [3.05, 3.63) is 70.7 Å². The first-order valence-corrected chi connectivity index (χ1v) is 11.3. The van der Waals surface area contributed by atoms with Crippen LogP contribution in [0.25, 0.3) is 16.8 Å². The molecule has 2 heterocycles. The van der Waals surface area contributed by atoms with Crippen molar-refractivity contribution >= 4 is 45.5 Å². The molecule has 4 rings (SSSR count). The number of carboxylic acids is 1. The molecule has 3 aromatic rings. The van der Waals surface area contributed by atoms with Crippen LogP contribution < -0.4 is 5.32 Å². The molecule has 1 unspecified atom stereocenters. The Morgan fingerprint density at radius 2 is 2.06 bits per heavy atom. The van der Waals surface area contributed by atoms with Crippen LogP contribution in [0.3, 0.4) is 0 Å². The van der Waals surface area contributed by atoms with Gasteiger partial charge in [0.15, 0.2) is 5.13 Å². The third-order valence-corrected chi connectivity index (χ3v) is 7.27. The van der Waals surface area contributed by atoms with Gasteiger partial charge < -0.3 is 15.8 Å². The van der Waals surface area contributed by atoms with Crippen LogP contribution in [0.15, 0.2) is 52.4 Å². The standard InChI is InChI=1S/C23H17FN4O2S2/c1-11(26)17(13-5-3-7-15(24)9-13)19(21(29)30)27-23-28-20-18-14(10-25)6-4-8-16(18)12(2)31-22(20)32-23/h3-9,12,26H,1-2H3,(H,27,28)(H,29,30)/b19-17+,26-11?. The molecule has 0 saturated carbocycles. The van der Waals surface area contributed by atoms with Gasteiger partial charge in [-0.1, -0.05) is 35.6 Å². The summed E-state index contributed by atoms with van der Waals surface area (Å²) in [7, 11) is 0. The second-order valence-electron chi connectivity index (χ2n) is 7.11. The average Bonchev–Trinajstić information content (AvgIpc) is 3.15. The number of hydrogen-bond donors (Lipinski definition) is 3. The first-order valence-electron chi connectivity index (χ1n) is 9.57. The van der Waals surface area contributed by atoms with Crippen LogP contribution in [0.4, 0.5) is 9.52 Å². The Balaban J connectivity index is 1.84. The Labute approximate surface area is 192 Å². The maximum absolute atomic E-state index is 13.8. The lowest BCUT2D eigenvalue weighted by Gasteiger charge is -2.21.